The maximum absolute atomic E-state index is 12.3. The van der Waals surface area contributed by atoms with Gasteiger partial charge in [0.1, 0.15) is 5.75 Å². The molecular weight excluding hydrogens is 268 g/mol. The molecular formula is C16H18N2O3. The molecule has 0 atom stereocenters. The molecule has 0 unspecified atom stereocenters. The fraction of sp³-hybridized carbons (Fsp3) is 0.375. The van der Waals surface area contributed by atoms with Gasteiger partial charge in [0.2, 0.25) is 5.76 Å². The van der Waals surface area contributed by atoms with Gasteiger partial charge in [-0.3, -0.25) is 4.79 Å². The Hall–Kier alpha value is -2.30. The largest absolute Gasteiger partial charge is 0.508 e. The molecule has 1 fully saturated rings. The van der Waals surface area contributed by atoms with Gasteiger partial charge in [-0.2, -0.15) is 0 Å². The molecule has 0 saturated carbocycles. The lowest BCUT2D eigenvalue weighted by atomic mass is 9.89. The Morgan fingerprint density at radius 1 is 1.29 bits per heavy atom. The van der Waals surface area contributed by atoms with E-state index in [0.717, 1.165) is 18.5 Å². The molecule has 0 aliphatic carbocycles. The molecule has 5 heteroatoms. The van der Waals surface area contributed by atoms with Crippen LogP contribution in [0.2, 0.25) is 0 Å². The van der Waals surface area contributed by atoms with Gasteiger partial charge in [0, 0.05) is 19.2 Å². The van der Waals surface area contributed by atoms with Crippen molar-refractivity contribution in [3.63, 3.8) is 0 Å². The Morgan fingerprint density at radius 3 is 2.52 bits per heavy atom. The molecule has 1 aromatic heterocycles. The number of phenolic OH excluding ortho intramolecular Hbond substituents is 1. The van der Waals surface area contributed by atoms with Crippen LogP contribution in [0, 0.1) is 6.92 Å². The van der Waals surface area contributed by atoms with Gasteiger partial charge in [-0.15, -0.1) is 0 Å². The monoisotopic (exact) mass is 286 g/mol. The third-order valence-electron chi connectivity index (χ3n) is 3.99. The lowest BCUT2D eigenvalue weighted by Gasteiger charge is -2.31. The van der Waals surface area contributed by atoms with Crippen molar-refractivity contribution in [2.24, 2.45) is 0 Å². The predicted molar refractivity (Wildman–Crippen MR) is 77.2 cm³/mol. The van der Waals surface area contributed by atoms with Crippen LogP contribution in [-0.2, 0) is 0 Å². The van der Waals surface area contributed by atoms with Crippen molar-refractivity contribution in [3.05, 3.63) is 47.3 Å². The topological polar surface area (TPSA) is 66.6 Å². The molecule has 110 valence electrons. The van der Waals surface area contributed by atoms with E-state index in [1.54, 1.807) is 25.1 Å². The van der Waals surface area contributed by atoms with Crippen molar-refractivity contribution in [1.82, 2.24) is 10.1 Å². The minimum Gasteiger partial charge on any atom is -0.508 e. The average Bonchev–Trinajstić information content (AvgIpc) is 2.94. The normalized spacial score (nSPS) is 16.1. The summed E-state index contributed by atoms with van der Waals surface area (Å²) in [6.07, 6.45) is 1.84. The molecule has 1 amide bonds. The van der Waals surface area contributed by atoms with Crippen LogP contribution in [-0.4, -0.2) is 34.2 Å². The Morgan fingerprint density at radius 2 is 1.95 bits per heavy atom. The average molecular weight is 286 g/mol. The Labute approximate surface area is 123 Å². The molecule has 1 N–H and O–H groups in total. The number of amides is 1. The predicted octanol–water partition coefficient (Wildman–Crippen LogP) is 2.71. The van der Waals surface area contributed by atoms with Crippen molar-refractivity contribution in [3.8, 4) is 5.75 Å². The first-order chi connectivity index (χ1) is 10.1. The highest BCUT2D eigenvalue weighted by Crippen LogP contribution is 2.29. The number of rotatable bonds is 2. The summed E-state index contributed by atoms with van der Waals surface area (Å²) in [5, 5.41) is 13.1. The maximum atomic E-state index is 12.3. The zero-order valence-corrected chi connectivity index (χ0v) is 12.0. The molecule has 1 aliphatic heterocycles. The van der Waals surface area contributed by atoms with Crippen molar-refractivity contribution < 1.29 is 14.4 Å². The lowest BCUT2D eigenvalue weighted by Crippen LogP contribution is -2.37. The van der Waals surface area contributed by atoms with Crippen molar-refractivity contribution >= 4 is 5.91 Å². The zero-order valence-electron chi connectivity index (χ0n) is 12.0. The first-order valence-corrected chi connectivity index (χ1v) is 7.15. The molecule has 21 heavy (non-hydrogen) atoms. The van der Waals surface area contributed by atoms with E-state index in [2.05, 4.69) is 5.16 Å². The Balaban J connectivity index is 1.62. The summed E-state index contributed by atoms with van der Waals surface area (Å²) in [6, 6.07) is 9.01. The van der Waals surface area contributed by atoms with E-state index in [1.807, 2.05) is 17.0 Å². The van der Waals surface area contributed by atoms with Gasteiger partial charge < -0.3 is 14.5 Å². The van der Waals surface area contributed by atoms with Crippen LogP contribution >= 0.6 is 0 Å². The van der Waals surface area contributed by atoms with Crippen LogP contribution in [0.5, 0.6) is 5.75 Å². The number of phenols is 1. The number of aromatic hydroxyl groups is 1. The number of aryl methyl sites for hydroxylation is 1. The Bertz CT molecular complexity index is 625. The maximum Gasteiger partial charge on any atom is 0.292 e. The van der Waals surface area contributed by atoms with E-state index < -0.39 is 0 Å². The summed E-state index contributed by atoms with van der Waals surface area (Å²) in [5.74, 6) is 0.952. The fourth-order valence-corrected chi connectivity index (χ4v) is 2.78. The van der Waals surface area contributed by atoms with E-state index in [0.29, 0.717) is 24.8 Å². The standard InChI is InChI=1S/C16H18N2O3/c1-11-10-15(21-17-11)16(20)18-8-6-13(7-9-18)12-2-4-14(19)5-3-12/h2-5,10,13,19H,6-9H2,1H3. The molecule has 1 saturated heterocycles. The quantitative estimate of drug-likeness (QED) is 0.921. The van der Waals surface area contributed by atoms with Crippen LogP contribution in [0.3, 0.4) is 0 Å². The highest BCUT2D eigenvalue weighted by molar-refractivity contribution is 5.91. The minimum absolute atomic E-state index is 0.0836. The molecule has 2 heterocycles. The fourth-order valence-electron chi connectivity index (χ4n) is 2.78. The second-order valence-corrected chi connectivity index (χ2v) is 5.49. The molecule has 5 nitrogen and oxygen atoms in total. The number of likely N-dealkylation sites (tertiary alicyclic amines) is 1. The summed E-state index contributed by atoms with van der Waals surface area (Å²) < 4.78 is 5.03. The summed E-state index contributed by atoms with van der Waals surface area (Å²) >= 11 is 0. The van der Waals surface area contributed by atoms with Crippen LogP contribution in [0.4, 0.5) is 0 Å². The van der Waals surface area contributed by atoms with E-state index >= 15 is 0 Å². The molecule has 0 radical (unpaired) electrons. The SMILES string of the molecule is Cc1cc(C(=O)N2CCC(c3ccc(O)cc3)CC2)on1. The Kier molecular flexibility index (Phi) is 3.64. The van der Waals surface area contributed by atoms with Crippen molar-refractivity contribution in [2.45, 2.75) is 25.7 Å². The van der Waals surface area contributed by atoms with Crippen molar-refractivity contribution in [1.29, 1.82) is 0 Å². The molecule has 0 spiro atoms. The van der Waals surface area contributed by atoms with Gasteiger partial charge in [0.05, 0.1) is 5.69 Å². The number of carbonyl (C=O) groups is 1. The zero-order chi connectivity index (χ0) is 14.8. The second-order valence-electron chi connectivity index (χ2n) is 5.49. The lowest BCUT2D eigenvalue weighted by molar-refractivity contribution is 0.0671. The second kappa shape index (κ2) is 5.60. The highest BCUT2D eigenvalue weighted by Gasteiger charge is 2.26. The molecule has 1 aliphatic rings. The van der Waals surface area contributed by atoms with E-state index in [9.17, 15) is 9.90 Å². The van der Waals surface area contributed by atoms with Gasteiger partial charge in [-0.05, 0) is 43.4 Å². The third-order valence-corrected chi connectivity index (χ3v) is 3.99. The third kappa shape index (κ3) is 2.91. The number of hydrogen-bond donors (Lipinski definition) is 1. The first kappa shape index (κ1) is 13.7. The van der Waals surface area contributed by atoms with Gasteiger partial charge in [0.15, 0.2) is 0 Å². The van der Waals surface area contributed by atoms with Crippen LogP contribution in [0.15, 0.2) is 34.9 Å². The van der Waals surface area contributed by atoms with E-state index in [4.69, 9.17) is 4.52 Å². The first-order valence-electron chi connectivity index (χ1n) is 7.15. The number of carbonyl (C=O) groups excluding carboxylic acids is 1. The van der Waals surface area contributed by atoms with Crippen LogP contribution in [0.25, 0.3) is 0 Å². The van der Waals surface area contributed by atoms with E-state index in [1.165, 1.54) is 5.56 Å². The molecule has 2 aromatic rings. The molecule has 1 aromatic carbocycles. The van der Waals surface area contributed by atoms with Crippen molar-refractivity contribution in [2.75, 3.05) is 13.1 Å². The summed E-state index contributed by atoms with van der Waals surface area (Å²) in [6.45, 7) is 3.23. The minimum atomic E-state index is -0.0836. The molecule has 3 rings (SSSR count). The van der Waals surface area contributed by atoms with Gasteiger partial charge >= 0.3 is 0 Å². The summed E-state index contributed by atoms with van der Waals surface area (Å²) in [7, 11) is 0. The number of nitrogens with zero attached hydrogens (tertiary/aromatic N) is 2. The smallest absolute Gasteiger partial charge is 0.292 e. The molecule has 0 bridgehead atoms. The summed E-state index contributed by atoms with van der Waals surface area (Å²) in [5.41, 5.74) is 1.94. The van der Waals surface area contributed by atoms with Gasteiger partial charge in [-0.1, -0.05) is 17.3 Å². The van der Waals surface area contributed by atoms with E-state index in [-0.39, 0.29) is 11.7 Å². The van der Waals surface area contributed by atoms with Gasteiger partial charge in [0.25, 0.3) is 5.91 Å². The van der Waals surface area contributed by atoms with Crippen LogP contribution < -0.4 is 0 Å². The number of hydrogen-bond acceptors (Lipinski definition) is 4. The van der Waals surface area contributed by atoms with Gasteiger partial charge in [-0.25, -0.2) is 0 Å². The number of benzene rings is 1. The summed E-state index contributed by atoms with van der Waals surface area (Å²) in [4.78, 5) is 14.1. The number of piperidine rings is 1. The highest BCUT2D eigenvalue weighted by atomic mass is 16.5. The van der Waals surface area contributed by atoms with Crippen LogP contribution in [0.1, 0.15) is 40.6 Å². The number of aromatic nitrogens is 1.